The molecule has 0 radical (unpaired) electrons. The van der Waals surface area contributed by atoms with Crippen LogP contribution in [0.5, 0.6) is 0 Å². The van der Waals surface area contributed by atoms with Gasteiger partial charge in [0.1, 0.15) is 0 Å². The molecule has 0 N–H and O–H groups in total. The van der Waals surface area contributed by atoms with E-state index in [1.165, 1.54) is 6.08 Å². The van der Waals surface area contributed by atoms with E-state index in [-0.39, 0.29) is 0 Å². The monoisotopic (exact) mass is 181 g/mol. The summed E-state index contributed by atoms with van der Waals surface area (Å²) in [5.74, 6) is 0. The summed E-state index contributed by atoms with van der Waals surface area (Å²) >= 11 is 5.81. The van der Waals surface area contributed by atoms with Crippen molar-refractivity contribution in [2.75, 3.05) is 0 Å². The van der Waals surface area contributed by atoms with Crippen LogP contribution in [0.1, 0.15) is 12.5 Å². The summed E-state index contributed by atoms with van der Waals surface area (Å²) in [6.45, 7) is 1.98. The van der Waals surface area contributed by atoms with Crippen molar-refractivity contribution < 1.29 is 4.79 Å². The van der Waals surface area contributed by atoms with Crippen molar-refractivity contribution in [2.24, 2.45) is 4.99 Å². The lowest BCUT2D eigenvalue weighted by atomic mass is 10.1. The number of isocyanates is 1. The van der Waals surface area contributed by atoms with Gasteiger partial charge in [0.05, 0.1) is 10.7 Å². The Balaban J connectivity index is 3.28. The number of hydrogen-bond donors (Lipinski definition) is 0. The standard InChI is InChI=1S/C9H8ClNO/c1-2-7-4-3-5-8(10)9(7)11-6-12/h3-5H,2H2,1H3. The molecule has 0 fully saturated rings. The van der Waals surface area contributed by atoms with Crippen LogP contribution >= 0.6 is 11.6 Å². The van der Waals surface area contributed by atoms with Crippen LogP contribution in [0, 0.1) is 0 Å². The molecular formula is C9H8ClNO. The molecule has 0 aliphatic heterocycles. The van der Waals surface area contributed by atoms with Gasteiger partial charge in [-0.2, -0.15) is 4.99 Å². The van der Waals surface area contributed by atoms with E-state index in [2.05, 4.69) is 4.99 Å². The van der Waals surface area contributed by atoms with Gasteiger partial charge in [0.25, 0.3) is 0 Å². The topological polar surface area (TPSA) is 29.4 Å². The number of hydrogen-bond acceptors (Lipinski definition) is 2. The summed E-state index contributed by atoms with van der Waals surface area (Å²) in [4.78, 5) is 13.6. The number of halogens is 1. The van der Waals surface area contributed by atoms with Gasteiger partial charge in [-0.1, -0.05) is 30.7 Å². The normalized spacial score (nSPS) is 9.17. The summed E-state index contributed by atoms with van der Waals surface area (Å²) in [5.41, 5.74) is 1.50. The van der Waals surface area contributed by atoms with Crippen molar-refractivity contribution >= 4 is 23.4 Å². The number of aliphatic imine (C=N–C) groups is 1. The molecule has 0 aliphatic carbocycles. The molecule has 0 saturated carbocycles. The van der Waals surface area contributed by atoms with Gasteiger partial charge in [-0.3, -0.25) is 0 Å². The first-order valence-electron chi connectivity index (χ1n) is 3.64. The highest BCUT2D eigenvalue weighted by Crippen LogP contribution is 2.28. The van der Waals surface area contributed by atoms with E-state index < -0.39 is 0 Å². The molecule has 0 atom stereocenters. The molecule has 0 aromatic heterocycles. The molecule has 2 nitrogen and oxygen atoms in total. The quantitative estimate of drug-likeness (QED) is 0.510. The second-order valence-electron chi connectivity index (χ2n) is 2.30. The van der Waals surface area contributed by atoms with Gasteiger partial charge < -0.3 is 0 Å². The number of benzene rings is 1. The third-order valence-electron chi connectivity index (χ3n) is 1.61. The lowest BCUT2D eigenvalue weighted by molar-refractivity contribution is 0.565. The van der Waals surface area contributed by atoms with Gasteiger partial charge >= 0.3 is 0 Å². The van der Waals surface area contributed by atoms with E-state index in [1.807, 2.05) is 19.1 Å². The van der Waals surface area contributed by atoms with Crippen LogP contribution in [0.3, 0.4) is 0 Å². The van der Waals surface area contributed by atoms with E-state index in [0.717, 1.165) is 12.0 Å². The Bertz CT molecular complexity index is 329. The van der Waals surface area contributed by atoms with E-state index >= 15 is 0 Å². The molecule has 0 spiro atoms. The first-order chi connectivity index (χ1) is 5.79. The number of aryl methyl sites for hydroxylation is 1. The smallest absolute Gasteiger partial charge is 0.211 e. The molecule has 1 rings (SSSR count). The van der Waals surface area contributed by atoms with Crippen molar-refractivity contribution in [3.8, 4) is 0 Å². The number of carbonyl (C=O) groups excluding carboxylic acids is 1. The Morgan fingerprint density at radius 2 is 2.33 bits per heavy atom. The molecular weight excluding hydrogens is 174 g/mol. The van der Waals surface area contributed by atoms with E-state index in [0.29, 0.717) is 10.7 Å². The van der Waals surface area contributed by atoms with Crippen molar-refractivity contribution in [1.29, 1.82) is 0 Å². The zero-order valence-corrected chi connectivity index (χ0v) is 7.43. The van der Waals surface area contributed by atoms with Crippen molar-refractivity contribution in [1.82, 2.24) is 0 Å². The average molecular weight is 182 g/mol. The van der Waals surface area contributed by atoms with Gasteiger partial charge in [-0.05, 0) is 18.1 Å². The highest BCUT2D eigenvalue weighted by Gasteiger charge is 2.02. The van der Waals surface area contributed by atoms with Crippen molar-refractivity contribution in [2.45, 2.75) is 13.3 Å². The lowest BCUT2D eigenvalue weighted by Gasteiger charge is -2.01. The van der Waals surface area contributed by atoms with Gasteiger partial charge in [0, 0.05) is 0 Å². The minimum Gasteiger partial charge on any atom is -0.211 e. The van der Waals surface area contributed by atoms with Gasteiger partial charge in [0.2, 0.25) is 6.08 Å². The predicted octanol–water partition coefficient (Wildman–Crippen LogP) is 2.87. The summed E-state index contributed by atoms with van der Waals surface area (Å²) in [6, 6.07) is 5.43. The lowest BCUT2D eigenvalue weighted by Crippen LogP contribution is -1.81. The van der Waals surface area contributed by atoms with Crippen molar-refractivity contribution in [3.05, 3.63) is 28.8 Å². The fourth-order valence-electron chi connectivity index (χ4n) is 1.02. The SMILES string of the molecule is CCc1cccc(Cl)c1N=C=O. The molecule has 0 aliphatic rings. The molecule has 0 bridgehead atoms. The van der Waals surface area contributed by atoms with E-state index in [4.69, 9.17) is 11.6 Å². The highest BCUT2D eigenvalue weighted by atomic mass is 35.5. The molecule has 12 heavy (non-hydrogen) atoms. The highest BCUT2D eigenvalue weighted by molar-refractivity contribution is 6.33. The Hall–Kier alpha value is -1.11. The van der Waals surface area contributed by atoms with Crippen LogP contribution < -0.4 is 0 Å². The summed E-state index contributed by atoms with van der Waals surface area (Å²) in [6.07, 6.45) is 2.30. The van der Waals surface area contributed by atoms with Crippen LogP contribution in [0.2, 0.25) is 5.02 Å². The minimum atomic E-state index is 0.498. The van der Waals surface area contributed by atoms with Crippen LogP contribution in [0.4, 0.5) is 5.69 Å². The number of nitrogens with zero attached hydrogens (tertiary/aromatic N) is 1. The number of rotatable bonds is 2. The first kappa shape index (κ1) is 8.98. The van der Waals surface area contributed by atoms with Gasteiger partial charge in [-0.25, -0.2) is 4.79 Å². The largest absolute Gasteiger partial charge is 0.240 e. The fraction of sp³-hybridized carbons (Fsp3) is 0.222. The Morgan fingerprint density at radius 1 is 1.58 bits per heavy atom. The zero-order valence-electron chi connectivity index (χ0n) is 6.67. The summed E-state index contributed by atoms with van der Waals surface area (Å²) < 4.78 is 0. The summed E-state index contributed by atoms with van der Waals surface area (Å²) in [7, 11) is 0. The van der Waals surface area contributed by atoms with E-state index in [9.17, 15) is 4.79 Å². The van der Waals surface area contributed by atoms with Gasteiger partial charge in [0.15, 0.2) is 0 Å². The second-order valence-corrected chi connectivity index (χ2v) is 2.71. The maximum absolute atomic E-state index is 10.0. The first-order valence-corrected chi connectivity index (χ1v) is 4.02. The van der Waals surface area contributed by atoms with Crippen LogP contribution in [0.25, 0.3) is 0 Å². The summed E-state index contributed by atoms with van der Waals surface area (Å²) in [5, 5.41) is 0.498. The second kappa shape index (κ2) is 4.05. The minimum absolute atomic E-state index is 0.498. The van der Waals surface area contributed by atoms with Crippen LogP contribution in [-0.2, 0) is 11.2 Å². The van der Waals surface area contributed by atoms with Crippen LogP contribution in [-0.4, -0.2) is 6.08 Å². The fourth-order valence-corrected chi connectivity index (χ4v) is 1.25. The number of para-hydroxylation sites is 1. The molecule has 0 saturated heterocycles. The van der Waals surface area contributed by atoms with Crippen LogP contribution in [0.15, 0.2) is 23.2 Å². The van der Waals surface area contributed by atoms with Crippen molar-refractivity contribution in [3.63, 3.8) is 0 Å². The Labute approximate surface area is 75.9 Å². The van der Waals surface area contributed by atoms with Gasteiger partial charge in [-0.15, -0.1) is 0 Å². The Morgan fingerprint density at radius 3 is 2.92 bits per heavy atom. The molecule has 0 unspecified atom stereocenters. The molecule has 0 amide bonds. The Kier molecular flexibility index (Phi) is 3.03. The maximum atomic E-state index is 10.0. The molecule has 1 aromatic carbocycles. The molecule has 1 aromatic rings. The third kappa shape index (κ3) is 1.73. The zero-order chi connectivity index (χ0) is 8.97. The molecule has 3 heteroatoms. The molecule has 0 heterocycles. The average Bonchev–Trinajstić information content (AvgIpc) is 2.09. The molecule has 62 valence electrons. The van der Waals surface area contributed by atoms with E-state index in [1.54, 1.807) is 6.07 Å². The predicted molar refractivity (Wildman–Crippen MR) is 48.6 cm³/mol. The maximum Gasteiger partial charge on any atom is 0.240 e. The third-order valence-corrected chi connectivity index (χ3v) is 1.91.